The maximum atomic E-state index is 11.3. The number of rotatable bonds is 6. The maximum absolute atomic E-state index is 11.3. The average molecular weight is 322 g/mol. The van der Waals surface area contributed by atoms with Gasteiger partial charge in [-0.25, -0.2) is 0 Å². The van der Waals surface area contributed by atoms with Crippen molar-refractivity contribution in [3.63, 3.8) is 0 Å². The van der Waals surface area contributed by atoms with Crippen molar-refractivity contribution in [2.75, 3.05) is 11.9 Å². The fourth-order valence-electron chi connectivity index (χ4n) is 1.99. The van der Waals surface area contributed by atoms with E-state index in [0.29, 0.717) is 12.0 Å². The Morgan fingerprint density at radius 1 is 1.13 bits per heavy atom. The molecule has 0 radical (unpaired) electrons. The molecule has 0 atom stereocenters. The minimum Gasteiger partial charge on any atom is -0.461 e. The summed E-state index contributed by atoms with van der Waals surface area (Å²) in [5.74, 6) is -0.225. The number of carbonyl (C=O) groups excluding carboxylic acids is 1. The fourth-order valence-corrected chi connectivity index (χ4v) is 1.99. The fraction of sp³-hybridized carbons (Fsp3) is 0.650. The SMILES string of the molecule is CCCC(C)(C)C.CCNc1ccc(COC(=O)C(C)C)cc1. The minimum atomic E-state index is -0.157. The van der Waals surface area contributed by atoms with E-state index >= 15 is 0 Å². The van der Waals surface area contributed by atoms with Crippen LogP contribution >= 0.6 is 0 Å². The molecule has 0 aliphatic rings. The highest BCUT2D eigenvalue weighted by molar-refractivity contribution is 5.71. The second-order valence-electron chi connectivity index (χ2n) is 7.30. The molecule has 0 saturated heterocycles. The number of benzene rings is 1. The van der Waals surface area contributed by atoms with E-state index in [9.17, 15) is 4.79 Å². The van der Waals surface area contributed by atoms with Crippen molar-refractivity contribution < 1.29 is 9.53 Å². The number of carbonyl (C=O) groups is 1. The average Bonchev–Trinajstić information content (AvgIpc) is 2.46. The summed E-state index contributed by atoms with van der Waals surface area (Å²) in [6.07, 6.45) is 2.65. The third kappa shape index (κ3) is 11.7. The van der Waals surface area contributed by atoms with Gasteiger partial charge in [0.2, 0.25) is 0 Å². The first-order valence-corrected chi connectivity index (χ1v) is 8.69. The molecule has 0 unspecified atom stereocenters. The van der Waals surface area contributed by atoms with Crippen LogP contribution in [0.5, 0.6) is 0 Å². The van der Waals surface area contributed by atoms with Crippen molar-refractivity contribution in [1.82, 2.24) is 0 Å². The van der Waals surface area contributed by atoms with E-state index in [-0.39, 0.29) is 11.9 Å². The Morgan fingerprint density at radius 2 is 1.70 bits per heavy atom. The Kier molecular flexibility index (Phi) is 10.4. The lowest BCUT2D eigenvalue weighted by Gasteiger charge is -2.15. The molecular formula is C20H35NO2. The molecule has 0 saturated carbocycles. The monoisotopic (exact) mass is 321 g/mol. The number of nitrogens with one attached hydrogen (secondary N) is 1. The molecule has 1 N–H and O–H groups in total. The van der Waals surface area contributed by atoms with E-state index in [1.54, 1.807) is 0 Å². The Balaban J connectivity index is 0.000000585. The van der Waals surface area contributed by atoms with Gasteiger partial charge in [0.1, 0.15) is 6.61 Å². The zero-order valence-electron chi connectivity index (χ0n) is 16.0. The van der Waals surface area contributed by atoms with Crippen molar-refractivity contribution in [3.05, 3.63) is 29.8 Å². The number of ether oxygens (including phenoxy) is 1. The summed E-state index contributed by atoms with van der Waals surface area (Å²) >= 11 is 0. The van der Waals surface area contributed by atoms with Gasteiger partial charge in [-0.2, -0.15) is 0 Å². The van der Waals surface area contributed by atoms with Gasteiger partial charge in [0.15, 0.2) is 0 Å². The molecule has 0 heterocycles. The molecule has 0 spiro atoms. The van der Waals surface area contributed by atoms with E-state index in [2.05, 4.69) is 39.9 Å². The lowest BCUT2D eigenvalue weighted by atomic mass is 9.91. The second-order valence-corrected chi connectivity index (χ2v) is 7.30. The summed E-state index contributed by atoms with van der Waals surface area (Å²) in [5, 5.41) is 3.21. The van der Waals surface area contributed by atoms with Gasteiger partial charge in [-0.1, -0.05) is 60.1 Å². The van der Waals surface area contributed by atoms with Gasteiger partial charge in [0, 0.05) is 12.2 Å². The first kappa shape index (κ1) is 21.5. The topological polar surface area (TPSA) is 38.3 Å². The van der Waals surface area contributed by atoms with Crippen molar-refractivity contribution in [2.24, 2.45) is 11.3 Å². The van der Waals surface area contributed by atoms with Gasteiger partial charge in [0.25, 0.3) is 0 Å². The largest absolute Gasteiger partial charge is 0.461 e. The van der Waals surface area contributed by atoms with Crippen molar-refractivity contribution >= 4 is 11.7 Å². The quantitative estimate of drug-likeness (QED) is 0.688. The van der Waals surface area contributed by atoms with Gasteiger partial charge in [0.05, 0.1) is 5.92 Å². The summed E-state index contributed by atoms with van der Waals surface area (Å²) in [5.41, 5.74) is 2.64. The van der Waals surface area contributed by atoms with E-state index in [1.807, 2.05) is 38.1 Å². The summed E-state index contributed by atoms with van der Waals surface area (Å²) in [6.45, 7) is 16.0. The molecule has 0 aromatic heterocycles. The normalized spacial score (nSPS) is 10.8. The summed E-state index contributed by atoms with van der Waals surface area (Å²) in [7, 11) is 0. The number of anilines is 1. The highest BCUT2D eigenvalue weighted by atomic mass is 16.5. The second kappa shape index (κ2) is 11.1. The van der Waals surface area contributed by atoms with Crippen LogP contribution in [0.15, 0.2) is 24.3 Å². The van der Waals surface area contributed by atoms with Crippen LogP contribution in [-0.4, -0.2) is 12.5 Å². The van der Waals surface area contributed by atoms with Crippen LogP contribution in [0.2, 0.25) is 0 Å². The van der Waals surface area contributed by atoms with Crippen LogP contribution in [0.25, 0.3) is 0 Å². The Hall–Kier alpha value is -1.51. The molecule has 0 fully saturated rings. The van der Waals surface area contributed by atoms with E-state index in [4.69, 9.17) is 4.74 Å². The Bertz CT molecular complexity index is 430. The predicted molar refractivity (Wildman–Crippen MR) is 99.6 cm³/mol. The summed E-state index contributed by atoms with van der Waals surface area (Å²) < 4.78 is 5.13. The molecule has 3 nitrogen and oxygen atoms in total. The van der Waals surface area contributed by atoms with Crippen molar-refractivity contribution in [2.45, 2.75) is 67.9 Å². The molecule has 132 valence electrons. The van der Waals surface area contributed by atoms with Crippen LogP contribution in [0.4, 0.5) is 5.69 Å². The molecule has 1 rings (SSSR count). The molecule has 1 aromatic rings. The van der Waals surface area contributed by atoms with E-state index in [1.165, 1.54) is 12.8 Å². The lowest BCUT2D eigenvalue weighted by molar-refractivity contribution is -0.148. The van der Waals surface area contributed by atoms with Gasteiger partial charge in [-0.15, -0.1) is 0 Å². The maximum Gasteiger partial charge on any atom is 0.308 e. The van der Waals surface area contributed by atoms with Crippen LogP contribution in [0.1, 0.15) is 66.9 Å². The molecule has 0 aliphatic carbocycles. The zero-order chi connectivity index (χ0) is 17.9. The number of hydrogen-bond acceptors (Lipinski definition) is 3. The third-order valence-corrected chi connectivity index (χ3v) is 3.19. The molecule has 3 heteroatoms. The van der Waals surface area contributed by atoms with Gasteiger partial charge in [-0.3, -0.25) is 4.79 Å². The highest BCUT2D eigenvalue weighted by Crippen LogP contribution is 2.19. The molecule has 0 bridgehead atoms. The van der Waals surface area contributed by atoms with Crippen LogP contribution in [0, 0.1) is 11.3 Å². The molecule has 23 heavy (non-hydrogen) atoms. The zero-order valence-corrected chi connectivity index (χ0v) is 16.0. The van der Waals surface area contributed by atoms with E-state index < -0.39 is 0 Å². The standard InChI is InChI=1S/C13H19NO2.C7H16/c1-4-14-12-7-5-11(6-8-12)9-16-13(15)10(2)3;1-5-6-7(2,3)4/h5-8,10,14H,4,9H2,1-3H3;5-6H2,1-4H3. The first-order chi connectivity index (χ1) is 10.7. The van der Waals surface area contributed by atoms with Gasteiger partial charge < -0.3 is 10.1 Å². The van der Waals surface area contributed by atoms with Crippen molar-refractivity contribution in [1.29, 1.82) is 0 Å². The molecule has 0 aliphatic heterocycles. The highest BCUT2D eigenvalue weighted by Gasteiger charge is 2.08. The Labute approximate surface area is 142 Å². The number of esters is 1. The van der Waals surface area contributed by atoms with Gasteiger partial charge in [-0.05, 0) is 36.5 Å². The molecular weight excluding hydrogens is 286 g/mol. The summed E-state index contributed by atoms with van der Waals surface area (Å²) in [4.78, 5) is 11.3. The number of hydrogen-bond donors (Lipinski definition) is 1. The van der Waals surface area contributed by atoms with Gasteiger partial charge >= 0.3 is 5.97 Å². The first-order valence-electron chi connectivity index (χ1n) is 8.69. The van der Waals surface area contributed by atoms with Crippen LogP contribution < -0.4 is 5.32 Å². The smallest absolute Gasteiger partial charge is 0.308 e. The van der Waals surface area contributed by atoms with Crippen LogP contribution in [-0.2, 0) is 16.1 Å². The minimum absolute atomic E-state index is 0.0685. The summed E-state index contributed by atoms with van der Waals surface area (Å²) in [6, 6.07) is 7.90. The van der Waals surface area contributed by atoms with E-state index in [0.717, 1.165) is 17.8 Å². The lowest BCUT2D eigenvalue weighted by Crippen LogP contribution is -2.11. The predicted octanol–water partition coefficient (Wildman–Crippen LogP) is 5.65. The van der Waals surface area contributed by atoms with Crippen molar-refractivity contribution in [3.8, 4) is 0 Å². The molecule has 1 aromatic carbocycles. The molecule has 0 amide bonds. The third-order valence-electron chi connectivity index (χ3n) is 3.19. The van der Waals surface area contributed by atoms with Crippen LogP contribution in [0.3, 0.4) is 0 Å². The Morgan fingerprint density at radius 3 is 2.04 bits per heavy atom.